The predicted octanol–water partition coefficient (Wildman–Crippen LogP) is 1.21. The van der Waals surface area contributed by atoms with Gasteiger partial charge in [-0.25, -0.2) is 9.59 Å². The third-order valence-electron chi connectivity index (χ3n) is 1.06. The molecule has 0 amide bonds. The van der Waals surface area contributed by atoms with Gasteiger partial charge in [-0.15, -0.1) is 0 Å². The Morgan fingerprint density at radius 3 is 2.20 bits per heavy atom. The van der Waals surface area contributed by atoms with Crippen LogP contribution in [0.25, 0.3) is 0 Å². The van der Waals surface area contributed by atoms with Gasteiger partial charge in [-0.2, -0.15) is 13.2 Å². The first-order valence-corrected chi connectivity index (χ1v) is 3.95. The SMILES string of the molecule is CCOC(=O)C(=O)OCC=CC(F)(F)F. The molecule has 0 fully saturated rings. The number of ether oxygens (including phenoxy) is 2. The number of rotatable bonds is 3. The molecular weight excluding hydrogens is 217 g/mol. The average Bonchev–Trinajstić information content (AvgIpc) is 2.11. The van der Waals surface area contributed by atoms with Gasteiger partial charge in [0.05, 0.1) is 6.61 Å². The molecule has 0 aliphatic carbocycles. The number of esters is 2. The zero-order chi connectivity index (χ0) is 11.9. The largest absolute Gasteiger partial charge is 0.458 e. The van der Waals surface area contributed by atoms with E-state index in [1.807, 2.05) is 0 Å². The first-order valence-electron chi connectivity index (χ1n) is 3.95. The molecule has 0 radical (unpaired) electrons. The van der Waals surface area contributed by atoms with E-state index in [2.05, 4.69) is 9.47 Å². The molecule has 86 valence electrons. The van der Waals surface area contributed by atoms with Crippen LogP contribution in [0.5, 0.6) is 0 Å². The summed E-state index contributed by atoms with van der Waals surface area (Å²) in [4.78, 5) is 21.2. The second-order valence-electron chi connectivity index (χ2n) is 2.26. The quantitative estimate of drug-likeness (QED) is 0.412. The molecule has 0 atom stereocenters. The summed E-state index contributed by atoms with van der Waals surface area (Å²) in [6.45, 7) is 0.845. The number of alkyl halides is 3. The van der Waals surface area contributed by atoms with Crippen LogP contribution in [-0.4, -0.2) is 31.3 Å². The number of hydrogen-bond acceptors (Lipinski definition) is 4. The van der Waals surface area contributed by atoms with Crippen molar-refractivity contribution in [2.24, 2.45) is 0 Å². The molecule has 0 heterocycles. The van der Waals surface area contributed by atoms with Crippen molar-refractivity contribution in [2.75, 3.05) is 13.2 Å². The molecule has 0 bridgehead atoms. The topological polar surface area (TPSA) is 52.6 Å². The van der Waals surface area contributed by atoms with Gasteiger partial charge in [0.25, 0.3) is 0 Å². The number of halogens is 3. The van der Waals surface area contributed by atoms with E-state index >= 15 is 0 Å². The number of hydrogen-bond donors (Lipinski definition) is 0. The Morgan fingerprint density at radius 1 is 1.20 bits per heavy atom. The van der Waals surface area contributed by atoms with Gasteiger partial charge >= 0.3 is 18.1 Å². The van der Waals surface area contributed by atoms with E-state index in [1.54, 1.807) is 0 Å². The lowest BCUT2D eigenvalue weighted by Gasteiger charge is -2.01. The highest BCUT2D eigenvalue weighted by molar-refractivity contribution is 6.29. The molecule has 7 heteroatoms. The molecule has 0 aromatic heterocycles. The van der Waals surface area contributed by atoms with Gasteiger partial charge in [0.15, 0.2) is 0 Å². The summed E-state index contributed by atoms with van der Waals surface area (Å²) in [5.41, 5.74) is 0. The molecule has 0 rings (SSSR count). The lowest BCUT2D eigenvalue weighted by atomic mass is 10.5. The summed E-state index contributed by atoms with van der Waals surface area (Å²) in [6, 6.07) is 0. The van der Waals surface area contributed by atoms with Crippen molar-refractivity contribution in [1.29, 1.82) is 0 Å². The van der Waals surface area contributed by atoms with Crippen LogP contribution < -0.4 is 0 Å². The van der Waals surface area contributed by atoms with Gasteiger partial charge in [0.1, 0.15) is 6.61 Å². The standard InChI is InChI=1S/C8H9F3O4/c1-2-14-6(12)7(13)15-5-3-4-8(9,10)11/h3-4H,2,5H2,1H3. The number of carbonyl (C=O) groups excluding carboxylic acids is 2. The lowest BCUT2D eigenvalue weighted by Crippen LogP contribution is -2.20. The highest BCUT2D eigenvalue weighted by Gasteiger charge is 2.22. The number of allylic oxidation sites excluding steroid dienone is 1. The van der Waals surface area contributed by atoms with E-state index in [0.29, 0.717) is 6.08 Å². The Balaban J connectivity index is 3.83. The molecule has 0 saturated heterocycles. The van der Waals surface area contributed by atoms with E-state index in [0.717, 1.165) is 0 Å². The minimum absolute atomic E-state index is 0.00762. The molecule has 0 saturated carbocycles. The van der Waals surface area contributed by atoms with Crippen LogP contribution in [0, 0.1) is 0 Å². The molecule has 0 spiro atoms. The summed E-state index contributed by atoms with van der Waals surface area (Å²) < 4.78 is 43.0. The van der Waals surface area contributed by atoms with Gasteiger partial charge in [-0.1, -0.05) is 0 Å². The van der Waals surface area contributed by atoms with Gasteiger partial charge in [0, 0.05) is 6.08 Å². The van der Waals surface area contributed by atoms with Crippen LogP contribution in [0.4, 0.5) is 13.2 Å². The second-order valence-corrected chi connectivity index (χ2v) is 2.26. The van der Waals surface area contributed by atoms with E-state index < -0.39 is 24.7 Å². The summed E-state index contributed by atoms with van der Waals surface area (Å²) >= 11 is 0. The van der Waals surface area contributed by atoms with Crippen LogP contribution in [0.2, 0.25) is 0 Å². The van der Waals surface area contributed by atoms with Crippen molar-refractivity contribution in [2.45, 2.75) is 13.1 Å². The normalized spacial score (nSPS) is 11.5. The first kappa shape index (κ1) is 13.5. The lowest BCUT2D eigenvalue weighted by molar-refractivity contribution is -0.166. The van der Waals surface area contributed by atoms with Crippen molar-refractivity contribution in [3.8, 4) is 0 Å². The maximum atomic E-state index is 11.5. The van der Waals surface area contributed by atoms with Crippen LogP contribution in [0.15, 0.2) is 12.2 Å². The van der Waals surface area contributed by atoms with Crippen LogP contribution >= 0.6 is 0 Å². The fourth-order valence-corrected chi connectivity index (χ4v) is 0.554. The molecule has 0 N–H and O–H groups in total. The fraction of sp³-hybridized carbons (Fsp3) is 0.500. The van der Waals surface area contributed by atoms with Crippen molar-refractivity contribution < 1.29 is 32.2 Å². The van der Waals surface area contributed by atoms with Gasteiger partial charge < -0.3 is 9.47 Å². The molecule has 0 aromatic rings. The minimum atomic E-state index is -4.46. The molecular formula is C8H9F3O4. The highest BCUT2D eigenvalue weighted by Crippen LogP contribution is 2.15. The maximum absolute atomic E-state index is 11.5. The van der Waals surface area contributed by atoms with E-state index in [1.165, 1.54) is 6.92 Å². The van der Waals surface area contributed by atoms with E-state index in [4.69, 9.17) is 0 Å². The third-order valence-corrected chi connectivity index (χ3v) is 1.06. The number of carbonyl (C=O) groups is 2. The molecule has 0 aliphatic heterocycles. The van der Waals surface area contributed by atoms with Gasteiger partial charge in [-0.3, -0.25) is 0 Å². The summed E-state index contributed by atoms with van der Waals surface area (Å²) in [5.74, 6) is -2.54. The molecule has 4 nitrogen and oxygen atoms in total. The van der Waals surface area contributed by atoms with Gasteiger partial charge in [0.2, 0.25) is 0 Å². The van der Waals surface area contributed by atoms with Crippen LogP contribution in [-0.2, 0) is 19.1 Å². The monoisotopic (exact) mass is 226 g/mol. The zero-order valence-electron chi connectivity index (χ0n) is 7.84. The van der Waals surface area contributed by atoms with Crippen molar-refractivity contribution in [3.05, 3.63) is 12.2 Å². The molecule has 0 unspecified atom stereocenters. The van der Waals surface area contributed by atoms with Crippen molar-refractivity contribution in [1.82, 2.24) is 0 Å². The molecule has 0 aromatic carbocycles. The molecule has 15 heavy (non-hydrogen) atoms. The van der Waals surface area contributed by atoms with E-state index in [9.17, 15) is 22.8 Å². The second kappa shape index (κ2) is 6.05. The Labute approximate surface area is 83.7 Å². The van der Waals surface area contributed by atoms with Gasteiger partial charge in [-0.05, 0) is 13.0 Å². The highest BCUT2D eigenvalue weighted by atomic mass is 19.4. The van der Waals surface area contributed by atoms with Crippen LogP contribution in [0.3, 0.4) is 0 Å². The third kappa shape index (κ3) is 7.53. The zero-order valence-corrected chi connectivity index (χ0v) is 7.84. The Bertz CT molecular complexity index is 257. The fourth-order valence-electron chi connectivity index (χ4n) is 0.554. The summed E-state index contributed by atoms with van der Waals surface area (Å²) in [5, 5.41) is 0. The average molecular weight is 226 g/mol. The Morgan fingerprint density at radius 2 is 1.73 bits per heavy atom. The first-order chi connectivity index (χ1) is 6.87. The van der Waals surface area contributed by atoms with Crippen molar-refractivity contribution >= 4 is 11.9 Å². The summed E-state index contributed by atoms with van der Waals surface area (Å²) in [6.07, 6.45) is -3.97. The predicted molar refractivity (Wildman–Crippen MR) is 42.8 cm³/mol. The van der Waals surface area contributed by atoms with Crippen LogP contribution in [0.1, 0.15) is 6.92 Å². The maximum Gasteiger partial charge on any atom is 0.417 e. The smallest absolute Gasteiger partial charge is 0.417 e. The minimum Gasteiger partial charge on any atom is -0.458 e. The molecule has 0 aliphatic rings. The Kier molecular flexibility index (Phi) is 5.43. The van der Waals surface area contributed by atoms with E-state index in [-0.39, 0.29) is 12.7 Å². The summed E-state index contributed by atoms with van der Waals surface area (Å²) in [7, 11) is 0. The Hall–Kier alpha value is -1.53. The van der Waals surface area contributed by atoms with Crippen molar-refractivity contribution in [3.63, 3.8) is 0 Å².